The van der Waals surface area contributed by atoms with Crippen LogP contribution in [0.2, 0.25) is 0 Å². The predicted octanol–water partition coefficient (Wildman–Crippen LogP) is -4.29. The van der Waals surface area contributed by atoms with E-state index in [4.69, 9.17) is 9.59 Å². The van der Waals surface area contributed by atoms with Crippen LogP contribution in [-0.2, 0) is 9.59 Å². The molecule has 2 N–H and O–H groups in total. The minimum absolute atomic E-state index is 0. The van der Waals surface area contributed by atoms with Crippen LogP contribution in [0, 0.1) is 0 Å². The molecular weight excluding hydrogens is 83.0 g/mol. The number of hydrogen-bond acceptors (Lipinski definition) is 2. The van der Waals surface area contributed by atoms with Gasteiger partial charge >= 0.3 is 37.1 Å². The van der Waals surface area contributed by atoms with Crippen LogP contribution in [0.1, 0.15) is 1.43 Å². The van der Waals surface area contributed by atoms with E-state index >= 15 is 0 Å². The molecule has 0 radical (unpaired) electrons. The molecular formula is CH3NaO3+2. The predicted molar refractivity (Wildman–Crippen MR) is 9.73 cm³/mol. The summed E-state index contributed by atoms with van der Waals surface area (Å²) in [6.07, 6.45) is 0.250. The van der Waals surface area contributed by atoms with E-state index in [1.165, 1.54) is 0 Å². The Balaban J connectivity index is -0.00000000667. The van der Waals surface area contributed by atoms with Gasteiger partial charge in [-0.2, -0.15) is 9.59 Å². The Morgan fingerprint density at radius 3 is 1.40 bits per heavy atom. The molecule has 5 heavy (non-hydrogen) atoms. The van der Waals surface area contributed by atoms with Gasteiger partial charge in [0.2, 0.25) is 0 Å². The minimum Gasteiger partial charge on any atom is -0.412 e. The van der Waals surface area contributed by atoms with E-state index < -0.39 is 0 Å². The first-order valence-electron chi connectivity index (χ1n) is 0.408. The van der Waals surface area contributed by atoms with Gasteiger partial charge in [-0.05, 0) is 0 Å². The molecule has 3 nitrogen and oxygen atoms in total. The van der Waals surface area contributed by atoms with Crippen molar-refractivity contribution in [3.63, 3.8) is 0 Å². The molecule has 0 heterocycles. The minimum atomic E-state index is 0. The van der Waals surface area contributed by atoms with Crippen LogP contribution in [0.15, 0.2) is 0 Å². The summed E-state index contributed by atoms with van der Waals surface area (Å²) >= 11 is 0. The summed E-state index contributed by atoms with van der Waals surface area (Å²) in [5, 5.41) is 0. The second-order valence-electron chi connectivity index (χ2n) is 0.0833. The Kier molecular flexibility index (Phi) is 99.1. The van der Waals surface area contributed by atoms with Crippen LogP contribution in [0.4, 0.5) is 0 Å². The average Bonchev–Trinajstić information content (AvgIpc) is 0.918. The third-order valence-electron chi connectivity index (χ3n) is 0. The Bertz CT molecular complexity index is 31.8. The second-order valence-corrected chi connectivity index (χ2v) is 0.0833. The van der Waals surface area contributed by atoms with E-state index in [2.05, 4.69) is 0 Å². The van der Waals surface area contributed by atoms with Crippen molar-refractivity contribution in [2.24, 2.45) is 0 Å². The zero-order valence-electron chi connectivity index (χ0n) is 3.82. The van der Waals surface area contributed by atoms with Crippen LogP contribution in [0.25, 0.3) is 0 Å². The van der Waals surface area contributed by atoms with E-state index in [9.17, 15) is 0 Å². The summed E-state index contributed by atoms with van der Waals surface area (Å²) in [5.74, 6) is 0. The van der Waals surface area contributed by atoms with Crippen molar-refractivity contribution in [1.82, 2.24) is 0 Å². The first-order valence-corrected chi connectivity index (χ1v) is 0.408. The van der Waals surface area contributed by atoms with E-state index in [1.807, 2.05) is 0 Å². The summed E-state index contributed by atoms with van der Waals surface area (Å²) < 4.78 is 0. The van der Waals surface area contributed by atoms with Crippen LogP contribution >= 0.6 is 0 Å². The van der Waals surface area contributed by atoms with Crippen LogP contribution in [-0.4, -0.2) is 11.6 Å². The van der Waals surface area contributed by atoms with Crippen molar-refractivity contribution in [2.45, 2.75) is 0 Å². The molecule has 0 saturated heterocycles. The van der Waals surface area contributed by atoms with E-state index in [1.54, 1.807) is 0 Å². The molecule has 0 spiro atoms. The van der Waals surface area contributed by atoms with Gasteiger partial charge in [-0.25, -0.2) is 0 Å². The quantitative estimate of drug-likeness (QED) is 0.280. The molecule has 0 aromatic rings. The molecule has 0 unspecified atom stereocenters. The zero-order chi connectivity index (χ0) is 2.71. The molecule has 0 saturated carbocycles. The van der Waals surface area contributed by atoms with Gasteiger partial charge in [-0.1, -0.05) is 0 Å². The average molecular weight is 86.0 g/mol. The molecule has 4 heteroatoms. The van der Waals surface area contributed by atoms with Gasteiger partial charge in [0.1, 0.15) is 0 Å². The molecule has 0 rings (SSSR count). The normalized spacial score (nSPS) is 1.60. The molecule has 0 atom stereocenters. The summed E-state index contributed by atoms with van der Waals surface area (Å²) in [6, 6.07) is 0. The molecule has 0 aromatic carbocycles. The van der Waals surface area contributed by atoms with Crippen LogP contribution in [0.5, 0.6) is 0 Å². The van der Waals surface area contributed by atoms with Crippen molar-refractivity contribution in [2.75, 3.05) is 0 Å². The molecule has 24 valence electrons. The Morgan fingerprint density at radius 2 is 1.40 bits per heavy atom. The molecule has 0 amide bonds. The smallest absolute Gasteiger partial charge is 0.412 e. The zero-order valence-corrected chi connectivity index (χ0v) is 4.82. The standard InChI is InChI=1S/CO2.Na.H2O/c2-1-3;;/h;;1H2/q;+1;/p+1. The molecule has 0 aromatic heterocycles. The van der Waals surface area contributed by atoms with Crippen molar-refractivity contribution in [1.29, 1.82) is 0 Å². The molecule has 0 bridgehead atoms. The van der Waals surface area contributed by atoms with Gasteiger partial charge < -0.3 is 5.48 Å². The SMILES string of the molecule is O.O=C=O.[H+].[Na+]. The van der Waals surface area contributed by atoms with Gasteiger partial charge in [-0.15, -0.1) is 0 Å². The third-order valence-corrected chi connectivity index (χ3v) is 0. The van der Waals surface area contributed by atoms with Crippen LogP contribution < -0.4 is 29.6 Å². The summed E-state index contributed by atoms with van der Waals surface area (Å²) in [6.45, 7) is 0. The molecule has 0 aliphatic rings. The van der Waals surface area contributed by atoms with Crippen molar-refractivity contribution >= 4 is 6.15 Å². The van der Waals surface area contributed by atoms with Crippen molar-refractivity contribution in [3.05, 3.63) is 0 Å². The van der Waals surface area contributed by atoms with Gasteiger partial charge in [0.05, 0.1) is 0 Å². The van der Waals surface area contributed by atoms with Crippen molar-refractivity contribution in [3.8, 4) is 0 Å². The molecule has 0 aliphatic carbocycles. The first kappa shape index (κ1) is 18.4. The largest absolute Gasteiger partial charge is 1.00 e. The van der Waals surface area contributed by atoms with E-state index in [0.717, 1.165) is 0 Å². The second kappa shape index (κ2) is 27.0. The topological polar surface area (TPSA) is 65.6 Å². The van der Waals surface area contributed by atoms with Gasteiger partial charge in [0.25, 0.3) is 0 Å². The maximum atomic E-state index is 8.12. The van der Waals surface area contributed by atoms with Crippen molar-refractivity contribution < 1.29 is 46.0 Å². The monoisotopic (exact) mass is 86.0 g/mol. The van der Waals surface area contributed by atoms with Crippen LogP contribution in [0.3, 0.4) is 0 Å². The van der Waals surface area contributed by atoms with E-state index in [0.29, 0.717) is 0 Å². The number of rotatable bonds is 0. The number of carbonyl (C=O) groups excluding carboxylic acids is 2. The fourth-order valence-corrected chi connectivity index (χ4v) is 0. The van der Waals surface area contributed by atoms with Gasteiger partial charge in [0.15, 0.2) is 0 Å². The maximum Gasteiger partial charge on any atom is 1.00 e. The Labute approximate surface area is 52.4 Å². The summed E-state index contributed by atoms with van der Waals surface area (Å²) in [5.41, 5.74) is 0. The van der Waals surface area contributed by atoms with E-state index in [-0.39, 0.29) is 42.6 Å². The Morgan fingerprint density at radius 1 is 1.40 bits per heavy atom. The summed E-state index contributed by atoms with van der Waals surface area (Å²) in [4.78, 5) is 16.2. The summed E-state index contributed by atoms with van der Waals surface area (Å²) in [7, 11) is 0. The number of hydrogen-bond donors (Lipinski definition) is 0. The third kappa shape index (κ3) is 206. The molecule has 0 fully saturated rings. The maximum absolute atomic E-state index is 8.12. The van der Waals surface area contributed by atoms with Gasteiger partial charge in [0, 0.05) is 0 Å². The van der Waals surface area contributed by atoms with Gasteiger partial charge in [-0.3, -0.25) is 0 Å². The first-order chi connectivity index (χ1) is 1.41. The Hall–Kier alpha value is 0.340. The molecule has 0 aliphatic heterocycles. The fourth-order valence-electron chi connectivity index (χ4n) is 0. The fraction of sp³-hybridized carbons (Fsp3) is 0.